The first-order valence-electron chi connectivity index (χ1n) is 6.60. The third-order valence-corrected chi connectivity index (χ3v) is 4.15. The van der Waals surface area contributed by atoms with Crippen molar-refractivity contribution >= 4 is 17.3 Å². The van der Waals surface area contributed by atoms with E-state index in [2.05, 4.69) is 31.3 Å². The van der Waals surface area contributed by atoms with Crippen LogP contribution in [0.3, 0.4) is 0 Å². The van der Waals surface area contributed by atoms with Crippen LogP contribution in [0.5, 0.6) is 0 Å². The van der Waals surface area contributed by atoms with Crippen LogP contribution in [0.1, 0.15) is 42.9 Å². The van der Waals surface area contributed by atoms with E-state index in [9.17, 15) is 4.79 Å². The molecule has 1 rings (SSSR count). The molecule has 0 bridgehead atoms. The average molecular weight is 269 g/mol. The molecule has 0 amide bonds. The van der Waals surface area contributed by atoms with E-state index in [1.54, 1.807) is 11.3 Å². The van der Waals surface area contributed by atoms with Crippen molar-refractivity contribution in [2.24, 2.45) is 0 Å². The minimum atomic E-state index is -0.179. The number of carbonyl (C=O) groups is 1. The van der Waals surface area contributed by atoms with Crippen molar-refractivity contribution in [3.63, 3.8) is 0 Å². The van der Waals surface area contributed by atoms with E-state index < -0.39 is 0 Å². The van der Waals surface area contributed by atoms with Crippen molar-refractivity contribution < 1.29 is 9.53 Å². The minimum absolute atomic E-state index is 0.157. The summed E-state index contributed by atoms with van der Waals surface area (Å²) in [5.41, 5.74) is 0. The molecule has 0 aliphatic rings. The average Bonchev–Trinajstić information content (AvgIpc) is 2.86. The fourth-order valence-electron chi connectivity index (χ4n) is 1.78. The number of aryl methyl sites for hydroxylation is 1. The number of ether oxygens (including phenoxy) is 1. The molecule has 0 aromatic carbocycles. The molecule has 3 nitrogen and oxygen atoms in total. The van der Waals surface area contributed by atoms with Crippen LogP contribution in [0.15, 0.2) is 12.1 Å². The number of rotatable bonds is 8. The van der Waals surface area contributed by atoms with Crippen LogP contribution in [0.2, 0.25) is 0 Å². The zero-order valence-electron chi connectivity index (χ0n) is 11.5. The topological polar surface area (TPSA) is 38.3 Å². The summed E-state index contributed by atoms with van der Waals surface area (Å²) < 4.78 is 4.83. The van der Waals surface area contributed by atoms with Crippen molar-refractivity contribution in [2.45, 2.75) is 52.1 Å². The van der Waals surface area contributed by atoms with Crippen LogP contribution in [-0.4, -0.2) is 19.1 Å². The maximum absolute atomic E-state index is 11.6. The van der Waals surface area contributed by atoms with Gasteiger partial charge in [-0.05, 0) is 25.0 Å². The monoisotopic (exact) mass is 269 g/mol. The van der Waals surface area contributed by atoms with E-state index in [0.717, 1.165) is 32.2 Å². The fourth-order valence-corrected chi connectivity index (χ4v) is 2.69. The number of thiophene rings is 1. The quantitative estimate of drug-likeness (QED) is 0.737. The van der Waals surface area contributed by atoms with E-state index in [0.29, 0.717) is 0 Å². The van der Waals surface area contributed by atoms with Gasteiger partial charge < -0.3 is 4.74 Å². The minimum Gasteiger partial charge on any atom is -0.468 e. The molecule has 0 fully saturated rings. The highest BCUT2D eigenvalue weighted by Crippen LogP contribution is 2.17. The Kier molecular flexibility index (Phi) is 6.98. The number of carbonyl (C=O) groups excluding carboxylic acids is 1. The molecule has 1 unspecified atom stereocenters. The summed E-state index contributed by atoms with van der Waals surface area (Å²) in [6.45, 7) is 5.02. The Morgan fingerprint density at radius 3 is 2.67 bits per heavy atom. The highest BCUT2D eigenvalue weighted by molar-refractivity contribution is 7.11. The van der Waals surface area contributed by atoms with Gasteiger partial charge >= 0.3 is 5.97 Å². The van der Waals surface area contributed by atoms with Crippen molar-refractivity contribution in [1.82, 2.24) is 5.32 Å². The van der Waals surface area contributed by atoms with Crippen molar-refractivity contribution in [1.29, 1.82) is 0 Å². The van der Waals surface area contributed by atoms with Crippen molar-refractivity contribution in [3.05, 3.63) is 21.9 Å². The number of nitrogens with one attached hydrogen (secondary N) is 1. The molecule has 0 aliphatic carbocycles. The molecule has 1 heterocycles. The second kappa shape index (κ2) is 8.27. The lowest BCUT2D eigenvalue weighted by Crippen LogP contribution is -2.36. The van der Waals surface area contributed by atoms with Crippen LogP contribution >= 0.6 is 11.3 Å². The molecule has 4 heteroatoms. The van der Waals surface area contributed by atoms with Crippen LogP contribution in [-0.2, 0) is 22.5 Å². The maximum Gasteiger partial charge on any atom is 0.322 e. The van der Waals surface area contributed by atoms with E-state index >= 15 is 0 Å². The zero-order chi connectivity index (χ0) is 13.4. The third-order valence-electron chi connectivity index (χ3n) is 2.92. The molecule has 1 aromatic rings. The standard InChI is InChI=1S/C14H23NO2S/c1-4-6-7-13(14(16)17-3)15-10-12-9-8-11(5-2)18-12/h8-9,13,15H,4-7,10H2,1-3H3. The van der Waals surface area contributed by atoms with E-state index in [-0.39, 0.29) is 12.0 Å². The van der Waals surface area contributed by atoms with Gasteiger partial charge in [0.2, 0.25) is 0 Å². The molecule has 0 aliphatic heterocycles. The second-order valence-corrected chi connectivity index (χ2v) is 5.57. The summed E-state index contributed by atoms with van der Waals surface area (Å²) in [6, 6.07) is 4.10. The van der Waals surface area contributed by atoms with Gasteiger partial charge in [0.15, 0.2) is 0 Å². The molecule has 0 spiro atoms. The molecular weight excluding hydrogens is 246 g/mol. The lowest BCUT2D eigenvalue weighted by atomic mass is 10.1. The summed E-state index contributed by atoms with van der Waals surface area (Å²) in [5.74, 6) is -0.157. The van der Waals surface area contributed by atoms with Gasteiger partial charge in [0.05, 0.1) is 7.11 Å². The van der Waals surface area contributed by atoms with Gasteiger partial charge in [0, 0.05) is 16.3 Å². The molecule has 102 valence electrons. The predicted octanol–water partition coefficient (Wildman–Crippen LogP) is 3.13. The normalized spacial score (nSPS) is 12.4. The summed E-state index contributed by atoms with van der Waals surface area (Å²) >= 11 is 1.80. The SMILES string of the molecule is CCCCC(NCc1ccc(CC)s1)C(=O)OC. The van der Waals surface area contributed by atoms with Gasteiger partial charge in [-0.15, -0.1) is 11.3 Å². The zero-order valence-corrected chi connectivity index (χ0v) is 12.3. The van der Waals surface area contributed by atoms with Gasteiger partial charge in [-0.25, -0.2) is 0 Å². The first-order valence-corrected chi connectivity index (χ1v) is 7.41. The molecule has 18 heavy (non-hydrogen) atoms. The summed E-state index contributed by atoms with van der Waals surface area (Å²) in [4.78, 5) is 14.3. The van der Waals surface area contributed by atoms with Gasteiger partial charge in [-0.3, -0.25) is 10.1 Å². The lowest BCUT2D eigenvalue weighted by Gasteiger charge is -2.15. The van der Waals surface area contributed by atoms with E-state index in [1.807, 2.05) is 0 Å². The number of hydrogen-bond donors (Lipinski definition) is 1. The molecule has 1 atom stereocenters. The Hall–Kier alpha value is -0.870. The van der Waals surface area contributed by atoms with Crippen LogP contribution in [0.4, 0.5) is 0 Å². The third kappa shape index (κ3) is 4.78. The molecule has 0 saturated carbocycles. The molecular formula is C14H23NO2S. The van der Waals surface area contributed by atoms with Gasteiger partial charge in [-0.2, -0.15) is 0 Å². The van der Waals surface area contributed by atoms with Crippen LogP contribution < -0.4 is 5.32 Å². The molecule has 0 saturated heterocycles. The summed E-state index contributed by atoms with van der Waals surface area (Å²) in [5, 5.41) is 3.29. The number of hydrogen-bond acceptors (Lipinski definition) is 4. The predicted molar refractivity (Wildman–Crippen MR) is 75.9 cm³/mol. The van der Waals surface area contributed by atoms with Crippen LogP contribution in [0.25, 0.3) is 0 Å². The lowest BCUT2D eigenvalue weighted by molar-refractivity contribution is -0.143. The highest BCUT2D eigenvalue weighted by atomic mass is 32.1. The Balaban J connectivity index is 2.47. The van der Waals surface area contributed by atoms with Gasteiger partial charge in [-0.1, -0.05) is 26.7 Å². The molecule has 0 radical (unpaired) electrons. The number of methoxy groups -OCH3 is 1. The smallest absolute Gasteiger partial charge is 0.322 e. The first kappa shape index (κ1) is 15.2. The summed E-state index contributed by atoms with van der Waals surface area (Å²) in [7, 11) is 1.45. The largest absolute Gasteiger partial charge is 0.468 e. The Morgan fingerprint density at radius 2 is 2.11 bits per heavy atom. The maximum atomic E-state index is 11.6. The van der Waals surface area contributed by atoms with E-state index in [4.69, 9.17) is 4.74 Å². The molecule has 1 N–H and O–H groups in total. The van der Waals surface area contributed by atoms with Crippen molar-refractivity contribution in [2.75, 3.05) is 7.11 Å². The Morgan fingerprint density at radius 1 is 1.39 bits per heavy atom. The van der Waals surface area contributed by atoms with Crippen LogP contribution in [0, 0.1) is 0 Å². The fraction of sp³-hybridized carbons (Fsp3) is 0.643. The summed E-state index contributed by atoms with van der Waals surface area (Å²) in [6.07, 6.45) is 4.04. The second-order valence-electron chi connectivity index (χ2n) is 4.32. The number of esters is 1. The Bertz CT molecular complexity index is 362. The first-order chi connectivity index (χ1) is 8.71. The van der Waals surface area contributed by atoms with Gasteiger partial charge in [0.1, 0.15) is 6.04 Å². The number of unbranched alkanes of at least 4 members (excludes halogenated alkanes) is 1. The molecule has 1 aromatic heterocycles. The van der Waals surface area contributed by atoms with E-state index in [1.165, 1.54) is 16.9 Å². The highest BCUT2D eigenvalue weighted by Gasteiger charge is 2.17. The Labute approximate surface area is 114 Å². The van der Waals surface area contributed by atoms with Crippen molar-refractivity contribution in [3.8, 4) is 0 Å². The van der Waals surface area contributed by atoms with Gasteiger partial charge in [0.25, 0.3) is 0 Å².